The van der Waals surface area contributed by atoms with Crippen LogP contribution in [0.5, 0.6) is 0 Å². The molecule has 0 saturated carbocycles. The molecular formula is C17H21N3O4. The molecule has 1 unspecified atom stereocenters. The molecule has 0 aliphatic carbocycles. The first-order valence-electron chi connectivity index (χ1n) is 7.74. The molecule has 0 saturated heterocycles. The molecule has 128 valence electrons. The van der Waals surface area contributed by atoms with Crippen LogP contribution in [0.4, 0.5) is 0 Å². The van der Waals surface area contributed by atoms with E-state index >= 15 is 0 Å². The minimum atomic E-state index is -1.22. The Labute approximate surface area is 140 Å². The van der Waals surface area contributed by atoms with Gasteiger partial charge in [-0.3, -0.25) is 14.5 Å². The van der Waals surface area contributed by atoms with E-state index in [-0.39, 0.29) is 12.3 Å². The SMILES string of the molecule is CCN1C=C(C(=O)OCCc2ccccc2)N(C(C)=O)C(N)C1=O. The number of amides is 2. The van der Waals surface area contributed by atoms with Crippen LogP contribution >= 0.6 is 0 Å². The van der Waals surface area contributed by atoms with Gasteiger partial charge in [0, 0.05) is 26.1 Å². The fourth-order valence-electron chi connectivity index (χ4n) is 2.45. The van der Waals surface area contributed by atoms with E-state index in [0.29, 0.717) is 13.0 Å². The van der Waals surface area contributed by atoms with E-state index in [1.54, 1.807) is 6.92 Å². The largest absolute Gasteiger partial charge is 0.461 e. The van der Waals surface area contributed by atoms with Gasteiger partial charge in [0.15, 0.2) is 6.17 Å². The number of ether oxygens (including phenoxy) is 1. The monoisotopic (exact) mass is 331 g/mol. The Hall–Kier alpha value is -2.67. The van der Waals surface area contributed by atoms with Gasteiger partial charge in [0.05, 0.1) is 6.61 Å². The number of carbonyl (C=O) groups is 3. The number of hydrogen-bond donors (Lipinski definition) is 1. The lowest BCUT2D eigenvalue weighted by Gasteiger charge is -2.35. The average Bonchev–Trinajstić information content (AvgIpc) is 2.57. The summed E-state index contributed by atoms with van der Waals surface area (Å²) >= 11 is 0. The smallest absolute Gasteiger partial charge is 0.356 e. The molecule has 1 aliphatic heterocycles. The summed E-state index contributed by atoms with van der Waals surface area (Å²) < 4.78 is 5.25. The molecular weight excluding hydrogens is 310 g/mol. The summed E-state index contributed by atoms with van der Waals surface area (Å²) in [4.78, 5) is 38.4. The van der Waals surface area contributed by atoms with Crippen molar-refractivity contribution in [3.63, 3.8) is 0 Å². The predicted molar refractivity (Wildman–Crippen MR) is 87.1 cm³/mol. The lowest BCUT2D eigenvalue weighted by molar-refractivity contribution is -0.150. The van der Waals surface area contributed by atoms with E-state index in [1.807, 2.05) is 30.3 Å². The Bertz CT molecular complexity index is 657. The van der Waals surface area contributed by atoms with Gasteiger partial charge < -0.3 is 15.4 Å². The van der Waals surface area contributed by atoms with E-state index in [0.717, 1.165) is 10.5 Å². The van der Waals surface area contributed by atoms with Gasteiger partial charge in [-0.25, -0.2) is 4.79 Å². The first-order valence-corrected chi connectivity index (χ1v) is 7.74. The van der Waals surface area contributed by atoms with Crippen molar-refractivity contribution in [1.29, 1.82) is 0 Å². The van der Waals surface area contributed by atoms with Crippen molar-refractivity contribution in [3.05, 3.63) is 47.8 Å². The summed E-state index contributed by atoms with van der Waals surface area (Å²) in [5.41, 5.74) is 6.81. The molecule has 0 bridgehead atoms. The van der Waals surface area contributed by atoms with E-state index in [2.05, 4.69) is 0 Å². The van der Waals surface area contributed by atoms with Crippen molar-refractivity contribution < 1.29 is 19.1 Å². The number of nitrogens with two attached hydrogens (primary N) is 1. The topological polar surface area (TPSA) is 92.9 Å². The Balaban J connectivity index is 2.09. The molecule has 0 fully saturated rings. The summed E-state index contributed by atoms with van der Waals surface area (Å²) in [5.74, 6) is -1.60. The summed E-state index contributed by atoms with van der Waals surface area (Å²) in [5, 5.41) is 0. The zero-order chi connectivity index (χ0) is 17.7. The fourth-order valence-corrected chi connectivity index (χ4v) is 2.45. The summed E-state index contributed by atoms with van der Waals surface area (Å²) in [6.45, 7) is 3.52. The van der Waals surface area contributed by atoms with Gasteiger partial charge in [0.25, 0.3) is 5.91 Å². The molecule has 2 rings (SSSR count). The number of carbonyl (C=O) groups excluding carboxylic acids is 3. The molecule has 1 aromatic rings. The highest BCUT2D eigenvalue weighted by Gasteiger charge is 2.38. The van der Waals surface area contributed by atoms with Crippen molar-refractivity contribution in [1.82, 2.24) is 9.80 Å². The molecule has 0 spiro atoms. The van der Waals surface area contributed by atoms with Crippen LogP contribution in [0.2, 0.25) is 0 Å². The van der Waals surface area contributed by atoms with Crippen molar-refractivity contribution in [2.45, 2.75) is 26.4 Å². The molecule has 7 heteroatoms. The van der Waals surface area contributed by atoms with Crippen molar-refractivity contribution in [2.24, 2.45) is 5.73 Å². The summed E-state index contributed by atoms with van der Waals surface area (Å²) in [6, 6.07) is 9.58. The second-order valence-corrected chi connectivity index (χ2v) is 5.34. The van der Waals surface area contributed by atoms with E-state index in [4.69, 9.17) is 10.5 Å². The number of hydrogen-bond acceptors (Lipinski definition) is 5. The molecule has 2 N–H and O–H groups in total. The van der Waals surface area contributed by atoms with Crippen LogP contribution in [0, 0.1) is 0 Å². The van der Waals surface area contributed by atoms with E-state index in [9.17, 15) is 14.4 Å². The van der Waals surface area contributed by atoms with Crippen molar-refractivity contribution in [2.75, 3.05) is 13.2 Å². The maximum atomic E-state index is 12.3. The van der Waals surface area contributed by atoms with Crippen LogP contribution in [0.1, 0.15) is 19.4 Å². The molecule has 1 aromatic carbocycles. The Kier molecular flexibility index (Phi) is 5.70. The normalized spacial score (nSPS) is 17.5. The molecule has 7 nitrogen and oxygen atoms in total. The van der Waals surface area contributed by atoms with Crippen LogP contribution < -0.4 is 5.73 Å². The van der Waals surface area contributed by atoms with Crippen LogP contribution in [0.25, 0.3) is 0 Å². The maximum absolute atomic E-state index is 12.3. The average molecular weight is 331 g/mol. The molecule has 1 aliphatic rings. The Morgan fingerprint density at radius 1 is 1.25 bits per heavy atom. The third-order valence-electron chi connectivity index (χ3n) is 3.71. The highest BCUT2D eigenvalue weighted by Crippen LogP contribution is 2.18. The standard InChI is InChI=1S/C17H21N3O4/c1-3-19-11-14(20(12(2)21)15(18)16(19)22)17(23)24-10-9-13-7-5-4-6-8-13/h4-8,11,15H,3,9-10,18H2,1-2H3. The van der Waals surface area contributed by atoms with Crippen LogP contribution in [0.3, 0.4) is 0 Å². The van der Waals surface area contributed by atoms with Crippen molar-refractivity contribution in [3.8, 4) is 0 Å². The second kappa shape index (κ2) is 7.74. The van der Waals surface area contributed by atoms with Crippen molar-refractivity contribution >= 4 is 17.8 Å². The first-order chi connectivity index (χ1) is 11.5. The van der Waals surface area contributed by atoms with E-state index in [1.165, 1.54) is 18.0 Å². The quantitative estimate of drug-likeness (QED) is 0.798. The number of likely N-dealkylation sites (N-methyl/N-ethyl adjacent to an activating group) is 1. The van der Waals surface area contributed by atoms with Crippen LogP contribution in [0.15, 0.2) is 42.2 Å². The summed E-state index contributed by atoms with van der Waals surface area (Å²) in [7, 11) is 0. The molecule has 2 amide bonds. The first kappa shape index (κ1) is 17.7. The van der Waals surface area contributed by atoms with Gasteiger partial charge in [-0.2, -0.15) is 0 Å². The highest BCUT2D eigenvalue weighted by molar-refractivity contribution is 5.99. The highest BCUT2D eigenvalue weighted by atomic mass is 16.5. The van der Waals surface area contributed by atoms with Gasteiger partial charge in [-0.05, 0) is 12.5 Å². The Morgan fingerprint density at radius 2 is 1.92 bits per heavy atom. The van der Waals surface area contributed by atoms with Crippen LogP contribution in [-0.2, 0) is 25.5 Å². The molecule has 1 heterocycles. The minimum absolute atomic E-state index is 0.0236. The lowest BCUT2D eigenvalue weighted by atomic mass is 10.2. The fraction of sp³-hybridized carbons (Fsp3) is 0.353. The number of rotatable bonds is 5. The van der Waals surface area contributed by atoms with Gasteiger partial charge in [0.2, 0.25) is 5.91 Å². The summed E-state index contributed by atoms with van der Waals surface area (Å²) in [6.07, 6.45) is 0.657. The van der Waals surface area contributed by atoms with Gasteiger partial charge in [-0.1, -0.05) is 30.3 Å². The van der Waals surface area contributed by atoms with E-state index < -0.39 is 23.9 Å². The Morgan fingerprint density at radius 3 is 2.50 bits per heavy atom. The third kappa shape index (κ3) is 3.80. The minimum Gasteiger partial charge on any atom is -0.461 e. The zero-order valence-corrected chi connectivity index (χ0v) is 13.8. The number of benzene rings is 1. The molecule has 0 radical (unpaired) electrons. The molecule has 24 heavy (non-hydrogen) atoms. The van der Waals surface area contributed by atoms with Crippen LogP contribution in [-0.4, -0.2) is 46.9 Å². The molecule has 1 atom stereocenters. The zero-order valence-electron chi connectivity index (χ0n) is 13.8. The second-order valence-electron chi connectivity index (χ2n) is 5.34. The maximum Gasteiger partial charge on any atom is 0.356 e. The van der Waals surface area contributed by atoms with Gasteiger partial charge in [0.1, 0.15) is 5.70 Å². The lowest BCUT2D eigenvalue weighted by Crippen LogP contribution is -2.58. The van der Waals surface area contributed by atoms with Gasteiger partial charge in [-0.15, -0.1) is 0 Å². The van der Waals surface area contributed by atoms with Gasteiger partial charge >= 0.3 is 5.97 Å². The predicted octanol–water partition coefficient (Wildman–Crippen LogP) is 0.609. The third-order valence-corrected chi connectivity index (χ3v) is 3.71. The molecule has 0 aromatic heterocycles. The number of esters is 1. The number of nitrogens with zero attached hydrogens (tertiary/aromatic N) is 2.